The summed E-state index contributed by atoms with van der Waals surface area (Å²) in [6.45, 7) is 5.41. The van der Waals surface area contributed by atoms with E-state index in [0.717, 1.165) is 38.6 Å². The van der Waals surface area contributed by atoms with Crippen LogP contribution in [0, 0.1) is 0 Å². The number of hydrogen-bond donors (Lipinski definition) is 4. The molecule has 5 heteroatoms. The highest BCUT2D eigenvalue weighted by molar-refractivity contribution is 5.57. The molecule has 0 saturated carbocycles. The lowest BCUT2D eigenvalue weighted by molar-refractivity contribution is 0.0602. The van der Waals surface area contributed by atoms with Gasteiger partial charge in [-0.1, -0.05) is 36.4 Å². The fourth-order valence-electron chi connectivity index (χ4n) is 3.34. The van der Waals surface area contributed by atoms with Crippen molar-refractivity contribution >= 4 is 6.08 Å². The fraction of sp³-hybridized carbons (Fsp3) is 0.440. The van der Waals surface area contributed by atoms with Gasteiger partial charge in [0, 0.05) is 18.2 Å². The van der Waals surface area contributed by atoms with Crippen LogP contribution in [0.4, 0.5) is 0 Å². The van der Waals surface area contributed by atoms with Crippen molar-refractivity contribution in [3.8, 4) is 5.75 Å². The van der Waals surface area contributed by atoms with E-state index in [4.69, 9.17) is 9.84 Å². The highest BCUT2D eigenvalue weighted by Gasteiger charge is 2.12. The van der Waals surface area contributed by atoms with Crippen LogP contribution in [0.3, 0.4) is 0 Å². The summed E-state index contributed by atoms with van der Waals surface area (Å²) in [4.78, 5) is 0. The summed E-state index contributed by atoms with van der Waals surface area (Å²) in [5.74, 6) is 0.0673. The number of aliphatic hydroxyl groups is 2. The molecule has 3 atom stereocenters. The van der Waals surface area contributed by atoms with E-state index in [9.17, 15) is 10.2 Å². The molecule has 0 spiro atoms. The first-order chi connectivity index (χ1) is 14.5. The predicted octanol–water partition coefficient (Wildman–Crippen LogP) is 4.75. The van der Waals surface area contributed by atoms with E-state index in [1.807, 2.05) is 6.07 Å². The molecule has 0 aliphatic rings. The highest BCUT2D eigenvalue weighted by Crippen LogP contribution is 2.23. The Bertz CT molecular complexity index is 763. The Balaban J connectivity index is 1.62. The maximum absolute atomic E-state index is 10.4. The van der Waals surface area contributed by atoms with Crippen LogP contribution in [-0.4, -0.2) is 40.6 Å². The summed E-state index contributed by atoms with van der Waals surface area (Å²) in [7, 11) is 0. The number of phenols is 1. The Morgan fingerprint density at radius 2 is 1.83 bits per heavy atom. The summed E-state index contributed by atoms with van der Waals surface area (Å²) < 4.78 is 5.92. The molecular formula is C25H35NO4. The molecule has 2 rings (SSSR count). The molecule has 0 bridgehead atoms. The van der Waals surface area contributed by atoms with Crippen LogP contribution in [0.15, 0.2) is 54.8 Å². The van der Waals surface area contributed by atoms with E-state index in [-0.39, 0.29) is 17.9 Å². The molecule has 2 aromatic rings. The zero-order valence-corrected chi connectivity index (χ0v) is 18.0. The van der Waals surface area contributed by atoms with E-state index < -0.39 is 6.10 Å². The van der Waals surface area contributed by atoms with Gasteiger partial charge in [0.25, 0.3) is 0 Å². The molecule has 30 heavy (non-hydrogen) atoms. The normalized spacial score (nSPS) is 14.6. The van der Waals surface area contributed by atoms with Gasteiger partial charge in [-0.25, -0.2) is 0 Å². The second-order valence-electron chi connectivity index (χ2n) is 7.81. The first-order valence-corrected chi connectivity index (χ1v) is 10.7. The zero-order chi connectivity index (χ0) is 21.8. The maximum atomic E-state index is 10.4. The lowest BCUT2D eigenvalue weighted by Gasteiger charge is -2.19. The van der Waals surface area contributed by atoms with Gasteiger partial charge in [-0.15, -0.1) is 0 Å². The Labute approximate surface area is 180 Å². The minimum atomic E-state index is -0.681. The second-order valence-corrected chi connectivity index (χ2v) is 7.81. The maximum Gasteiger partial charge on any atom is 0.122 e. The molecule has 0 saturated heterocycles. The van der Waals surface area contributed by atoms with Crippen molar-refractivity contribution in [2.45, 2.75) is 57.8 Å². The van der Waals surface area contributed by atoms with Gasteiger partial charge in [0.1, 0.15) is 5.75 Å². The summed E-state index contributed by atoms with van der Waals surface area (Å²) in [5.41, 5.74) is 2.47. The topological polar surface area (TPSA) is 82.0 Å². The van der Waals surface area contributed by atoms with Crippen molar-refractivity contribution in [1.82, 2.24) is 5.32 Å². The molecular weight excluding hydrogens is 378 g/mol. The second kappa shape index (κ2) is 13.1. The van der Waals surface area contributed by atoms with E-state index in [1.54, 1.807) is 12.1 Å². The van der Waals surface area contributed by atoms with E-state index in [0.29, 0.717) is 17.7 Å². The Morgan fingerprint density at radius 3 is 2.57 bits per heavy atom. The zero-order valence-electron chi connectivity index (χ0n) is 18.0. The minimum absolute atomic E-state index is 0.0673. The predicted molar refractivity (Wildman–Crippen MR) is 122 cm³/mol. The first kappa shape index (κ1) is 23.9. The van der Waals surface area contributed by atoms with Crippen molar-refractivity contribution in [2.75, 3.05) is 13.2 Å². The summed E-state index contributed by atoms with van der Waals surface area (Å²) in [5, 5.41) is 32.4. The van der Waals surface area contributed by atoms with E-state index >= 15 is 0 Å². The number of ether oxygens (including phenoxy) is 1. The molecule has 0 heterocycles. The van der Waals surface area contributed by atoms with Crippen LogP contribution in [0.1, 0.15) is 55.9 Å². The average Bonchev–Trinajstić information content (AvgIpc) is 2.74. The molecule has 4 N–H and O–H groups in total. The quantitative estimate of drug-likeness (QED) is 0.356. The van der Waals surface area contributed by atoms with Crippen LogP contribution in [-0.2, 0) is 11.2 Å². The van der Waals surface area contributed by atoms with Gasteiger partial charge in [-0.3, -0.25) is 0 Å². The minimum Gasteiger partial charge on any atom is -0.516 e. The van der Waals surface area contributed by atoms with Gasteiger partial charge < -0.3 is 25.4 Å². The highest BCUT2D eigenvalue weighted by atomic mass is 16.5. The van der Waals surface area contributed by atoms with Crippen molar-refractivity contribution in [3.63, 3.8) is 0 Å². The number of rotatable bonds is 13. The molecule has 5 nitrogen and oxygen atoms in total. The summed E-state index contributed by atoms with van der Waals surface area (Å²) >= 11 is 0. The Kier molecular flexibility index (Phi) is 10.4. The molecule has 164 valence electrons. The van der Waals surface area contributed by atoms with Gasteiger partial charge in [-0.05, 0) is 68.9 Å². The van der Waals surface area contributed by atoms with Crippen LogP contribution < -0.4 is 5.32 Å². The number of aromatic hydroxyl groups is 1. The molecule has 0 aliphatic heterocycles. The fourth-order valence-corrected chi connectivity index (χ4v) is 3.34. The Hall–Kier alpha value is -2.34. The molecule has 0 aromatic heterocycles. The molecule has 0 radical (unpaired) electrons. The largest absolute Gasteiger partial charge is 0.516 e. The summed E-state index contributed by atoms with van der Waals surface area (Å²) in [6, 6.07) is 15.5. The molecule has 0 aliphatic carbocycles. The van der Waals surface area contributed by atoms with E-state index in [2.05, 4.69) is 43.4 Å². The van der Waals surface area contributed by atoms with Crippen molar-refractivity contribution in [2.24, 2.45) is 0 Å². The van der Waals surface area contributed by atoms with Gasteiger partial charge in [0.05, 0.1) is 25.1 Å². The van der Waals surface area contributed by atoms with Gasteiger partial charge in [0.15, 0.2) is 0 Å². The monoisotopic (exact) mass is 413 g/mol. The van der Waals surface area contributed by atoms with Crippen molar-refractivity contribution in [1.29, 1.82) is 0 Å². The van der Waals surface area contributed by atoms with Gasteiger partial charge >= 0.3 is 0 Å². The van der Waals surface area contributed by atoms with Gasteiger partial charge in [-0.2, -0.15) is 0 Å². The van der Waals surface area contributed by atoms with Gasteiger partial charge in [0.2, 0.25) is 0 Å². The van der Waals surface area contributed by atoms with Crippen molar-refractivity contribution in [3.05, 3.63) is 71.5 Å². The number of benzene rings is 2. The number of phenolic OH excluding ortho intramolecular Hbond substituents is 1. The standard InChI is InChI=1S/C25H35NO4/c1-19(7-6-8-20(2)30-16-14-21-9-4-3-5-10-21)26-18-25(29)22-11-12-24(28)23(17-22)13-15-27/h3-5,9-13,15,17,19-20,25-29H,6-8,14,16,18H2,1-2H3. The molecule has 0 amide bonds. The third-order valence-electron chi connectivity index (χ3n) is 5.23. The molecule has 0 fully saturated rings. The van der Waals surface area contributed by atoms with Crippen LogP contribution >= 0.6 is 0 Å². The van der Waals surface area contributed by atoms with E-state index in [1.165, 1.54) is 17.7 Å². The summed E-state index contributed by atoms with van der Waals surface area (Å²) in [6.07, 6.45) is 5.84. The first-order valence-electron chi connectivity index (χ1n) is 10.7. The number of nitrogens with one attached hydrogen (secondary N) is 1. The molecule has 2 aromatic carbocycles. The van der Waals surface area contributed by atoms with Crippen molar-refractivity contribution < 1.29 is 20.1 Å². The average molecular weight is 414 g/mol. The van der Waals surface area contributed by atoms with Crippen LogP contribution in [0.25, 0.3) is 6.08 Å². The SMILES string of the molecule is CC(CCCC(C)OCCc1ccccc1)NCC(O)c1ccc(O)c(C=CO)c1. The third kappa shape index (κ3) is 8.57. The Morgan fingerprint density at radius 1 is 1.07 bits per heavy atom. The third-order valence-corrected chi connectivity index (χ3v) is 5.23. The van der Waals surface area contributed by atoms with Crippen LogP contribution in [0.2, 0.25) is 0 Å². The number of aliphatic hydroxyl groups excluding tert-OH is 2. The number of hydrogen-bond acceptors (Lipinski definition) is 5. The smallest absolute Gasteiger partial charge is 0.122 e. The lowest BCUT2D eigenvalue weighted by atomic mass is 10.0. The molecule has 3 unspecified atom stereocenters. The van der Waals surface area contributed by atoms with Crippen LogP contribution in [0.5, 0.6) is 5.75 Å². The lowest BCUT2D eigenvalue weighted by Crippen LogP contribution is -2.30.